The molecule has 0 saturated heterocycles. The molecule has 0 saturated carbocycles. The molecule has 0 aliphatic rings. The molecule has 3 rings (SSSR count). The van der Waals surface area contributed by atoms with E-state index in [1.54, 1.807) is 24.3 Å². The summed E-state index contributed by atoms with van der Waals surface area (Å²) in [6.45, 7) is 0.523. The van der Waals surface area contributed by atoms with E-state index in [1.165, 1.54) is 29.8 Å². The predicted molar refractivity (Wildman–Crippen MR) is 135 cm³/mol. The number of nitrogens with two attached hydrogens (primary N) is 2. The molecule has 176 valence electrons. The van der Waals surface area contributed by atoms with Crippen LogP contribution in [0.1, 0.15) is 15.9 Å². The van der Waals surface area contributed by atoms with Gasteiger partial charge in [-0.05, 0) is 66.3 Å². The number of nitrogens with one attached hydrogen (secondary N) is 2. The minimum Gasteiger partial charge on any atom is -0.493 e. The Hall–Kier alpha value is -3.96. The zero-order valence-electron chi connectivity index (χ0n) is 18.0. The highest BCUT2D eigenvalue weighted by atomic mass is 32.2. The lowest BCUT2D eigenvalue weighted by molar-refractivity contribution is 0.0977. The van der Waals surface area contributed by atoms with Crippen molar-refractivity contribution in [3.8, 4) is 5.75 Å². The largest absolute Gasteiger partial charge is 0.493 e. The lowest BCUT2D eigenvalue weighted by atomic mass is 10.2. The molecule has 0 unspecified atom stereocenters. The summed E-state index contributed by atoms with van der Waals surface area (Å²) in [6, 6.07) is 22.3. The van der Waals surface area contributed by atoms with Crippen LogP contribution in [0.5, 0.6) is 5.75 Å². The van der Waals surface area contributed by atoms with E-state index < -0.39 is 21.9 Å². The zero-order chi connectivity index (χ0) is 24.6. The number of thiocarbonyl (C=S) groups is 1. The van der Waals surface area contributed by atoms with Gasteiger partial charge in [-0.15, -0.1) is 4.40 Å². The first-order valence-corrected chi connectivity index (χ1v) is 11.9. The number of hydrogen-bond donors (Lipinski definition) is 4. The number of anilines is 1. The first-order chi connectivity index (χ1) is 16.2. The number of benzene rings is 3. The number of hydrogen-bond acceptors (Lipinski definition) is 5. The summed E-state index contributed by atoms with van der Waals surface area (Å²) in [5, 5.41) is 5.43. The summed E-state index contributed by atoms with van der Waals surface area (Å²) < 4.78 is 32.9. The molecule has 0 fully saturated rings. The smallest absolute Gasteiger partial charge is 0.285 e. The van der Waals surface area contributed by atoms with Crippen molar-refractivity contribution < 1.29 is 17.9 Å². The predicted octanol–water partition coefficient (Wildman–Crippen LogP) is 2.40. The molecule has 0 radical (unpaired) electrons. The molecule has 0 spiro atoms. The second-order valence-electron chi connectivity index (χ2n) is 7.03. The van der Waals surface area contributed by atoms with Crippen LogP contribution >= 0.6 is 12.2 Å². The van der Waals surface area contributed by atoms with Crippen molar-refractivity contribution in [3.63, 3.8) is 0 Å². The average Bonchev–Trinajstić information content (AvgIpc) is 2.79. The van der Waals surface area contributed by atoms with Gasteiger partial charge < -0.3 is 21.5 Å². The Bertz CT molecular complexity index is 1270. The Morgan fingerprint density at radius 3 is 2.21 bits per heavy atom. The minimum atomic E-state index is -3.99. The van der Waals surface area contributed by atoms with Gasteiger partial charge in [-0.3, -0.25) is 10.1 Å². The van der Waals surface area contributed by atoms with Crippen LogP contribution in [0.15, 0.2) is 88.2 Å². The number of guanidine groups is 1. The third kappa shape index (κ3) is 7.29. The Balaban J connectivity index is 1.50. The second-order valence-corrected chi connectivity index (χ2v) is 9.04. The van der Waals surface area contributed by atoms with Crippen LogP contribution in [-0.4, -0.2) is 32.0 Å². The monoisotopic (exact) mass is 497 g/mol. The summed E-state index contributed by atoms with van der Waals surface area (Å²) in [7, 11) is -3.99. The highest BCUT2D eigenvalue weighted by Crippen LogP contribution is 2.16. The highest BCUT2D eigenvalue weighted by molar-refractivity contribution is 7.90. The molecule has 34 heavy (non-hydrogen) atoms. The molecule has 0 aliphatic heterocycles. The fourth-order valence-electron chi connectivity index (χ4n) is 2.87. The van der Waals surface area contributed by atoms with Crippen molar-refractivity contribution in [3.05, 3.63) is 90.0 Å². The first kappa shape index (κ1) is 24.7. The van der Waals surface area contributed by atoms with E-state index in [2.05, 4.69) is 15.0 Å². The number of amides is 1. The van der Waals surface area contributed by atoms with Gasteiger partial charge in [0.1, 0.15) is 5.75 Å². The van der Waals surface area contributed by atoms with Crippen molar-refractivity contribution in [2.75, 3.05) is 11.9 Å². The lowest BCUT2D eigenvalue weighted by Gasteiger charge is -2.11. The molecule has 9 nitrogen and oxygen atoms in total. The van der Waals surface area contributed by atoms with E-state index in [0.717, 1.165) is 6.42 Å². The van der Waals surface area contributed by atoms with Crippen LogP contribution in [0.25, 0.3) is 0 Å². The first-order valence-electron chi connectivity index (χ1n) is 10.1. The van der Waals surface area contributed by atoms with E-state index in [0.29, 0.717) is 23.6 Å². The molecule has 0 aromatic heterocycles. The van der Waals surface area contributed by atoms with Gasteiger partial charge >= 0.3 is 0 Å². The fourth-order valence-corrected chi connectivity index (χ4v) is 3.95. The van der Waals surface area contributed by atoms with Crippen molar-refractivity contribution in [2.45, 2.75) is 11.3 Å². The number of carbonyl (C=O) groups excluding carboxylic acids is 1. The number of sulfonamides is 1. The van der Waals surface area contributed by atoms with Crippen LogP contribution in [0.4, 0.5) is 5.69 Å². The van der Waals surface area contributed by atoms with Gasteiger partial charge in [-0.2, -0.15) is 8.42 Å². The third-order valence-electron chi connectivity index (χ3n) is 4.48. The molecule has 11 heteroatoms. The van der Waals surface area contributed by atoms with Crippen LogP contribution in [-0.2, 0) is 16.4 Å². The van der Waals surface area contributed by atoms with Crippen LogP contribution in [0.2, 0.25) is 0 Å². The van der Waals surface area contributed by atoms with Crippen molar-refractivity contribution >= 4 is 44.9 Å². The maximum atomic E-state index is 12.4. The third-order valence-corrected chi connectivity index (χ3v) is 6.00. The van der Waals surface area contributed by atoms with Crippen LogP contribution < -0.4 is 26.8 Å². The Morgan fingerprint density at radius 1 is 0.941 bits per heavy atom. The highest BCUT2D eigenvalue weighted by Gasteiger charge is 2.13. The van der Waals surface area contributed by atoms with Crippen molar-refractivity contribution in [1.82, 2.24) is 5.32 Å². The van der Waals surface area contributed by atoms with Crippen molar-refractivity contribution in [2.24, 2.45) is 15.9 Å². The summed E-state index contributed by atoms with van der Waals surface area (Å²) in [4.78, 5) is 12.4. The van der Waals surface area contributed by atoms with Gasteiger partial charge in [0.25, 0.3) is 15.9 Å². The van der Waals surface area contributed by atoms with E-state index >= 15 is 0 Å². The number of nitrogens with zero attached hydrogens (tertiary/aromatic N) is 1. The molecule has 0 atom stereocenters. The fraction of sp³-hybridized carbons (Fsp3) is 0.0870. The van der Waals surface area contributed by atoms with Crippen LogP contribution in [0, 0.1) is 0 Å². The van der Waals surface area contributed by atoms with Gasteiger partial charge in [0.15, 0.2) is 5.11 Å². The summed E-state index contributed by atoms with van der Waals surface area (Å²) >= 11 is 5.16. The number of ether oxygens (including phenoxy) is 1. The van der Waals surface area contributed by atoms with E-state index in [1.807, 2.05) is 30.3 Å². The summed E-state index contributed by atoms with van der Waals surface area (Å²) in [5.74, 6) is -0.304. The van der Waals surface area contributed by atoms with Gasteiger partial charge in [-0.25, -0.2) is 0 Å². The molecule has 0 bridgehead atoms. The lowest BCUT2D eigenvalue weighted by Crippen LogP contribution is -2.34. The Labute approximate surface area is 202 Å². The molecule has 1 amide bonds. The van der Waals surface area contributed by atoms with E-state index in [9.17, 15) is 13.2 Å². The minimum absolute atomic E-state index is 0.0491. The maximum Gasteiger partial charge on any atom is 0.285 e. The van der Waals surface area contributed by atoms with Gasteiger partial charge in [-0.1, -0.05) is 30.3 Å². The molecule has 3 aromatic rings. The van der Waals surface area contributed by atoms with Gasteiger partial charge in [0.05, 0.1) is 11.5 Å². The van der Waals surface area contributed by atoms with E-state index in [4.69, 9.17) is 28.4 Å². The van der Waals surface area contributed by atoms with Crippen LogP contribution in [0.3, 0.4) is 0 Å². The Kier molecular flexibility index (Phi) is 8.17. The molecule has 3 aromatic carbocycles. The summed E-state index contributed by atoms with van der Waals surface area (Å²) in [5.41, 5.74) is 12.3. The summed E-state index contributed by atoms with van der Waals surface area (Å²) in [6.07, 6.45) is 0.782. The average molecular weight is 498 g/mol. The molecule has 0 aliphatic carbocycles. The molecule has 0 heterocycles. The topological polar surface area (TPSA) is 149 Å². The molecule has 6 N–H and O–H groups in total. The maximum absolute atomic E-state index is 12.4. The standard InChI is InChI=1S/C23H23N5O4S2/c24-22(25)28-34(30,31)20-12-8-18(9-13-20)26-23(33)27-21(29)17-6-10-19(11-7-17)32-15-14-16-4-2-1-3-5-16/h1-13H,14-15H2,(H4,24,25,28)(H2,26,27,29,33). The molecular formula is C23H23N5O4S2. The van der Waals surface area contributed by atoms with E-state index in [-0.39, 0.29) is 10.0 Å². The Morgan fingerprint density at radius 2 is 1.59 bits per heavy atom. The number of rotatable bonds is 8. The van der Waals surface area contributed by atoms with Gasteiger partial charge in [0.2, 0.25) is 5.96 Å². The van der Waals surface area contributed by atoms with Crippen molar-refractivity contribution in [1.29, 1.82) is 0 Å². The quantitative estimate of drug-likeness (QED) is 0.211. The number of carbonyl (C=O) groups is 1. The molecular weight excluding hydrogens is 474 g/mol. The normalized spacial score (nSPS) is 10.7. The SMILES string of the molecule is NC(N)=NS(=O)(=O)c1ccc(NC(=S)NC(=O)c2ccc(OCCc3ccccc3)cc2)cc1. The zero-order valence-corrected chi connectivity index (χ0v) is 19.6. The van der Waals surface area contributed by atoms with Gasteiger partial charge in [0, 0.05) is 17.7 Å². The second kappa shape index (κ2) is 11.3.